The Morgan fingerprint density at radius 2 is 1.51 bits per heavy atom. The van der Waals surface area contributed by atoms with Gasteiger partial charge in [0.25, 0.3) is 0 Å². The number of hydrogen-bond donors (Lipinski definition) is 10. The molecule has 3 heterocycles. The molecule has 234 valence electrons. The van der Waals surface area contributed by atoms with Crippen molar-refractivity contribution in [2.24, 2.45) is 0 Å². The largest absolute Gasteiger partial charge is 0.507 e. The van der Waals surface area contributed by atoms with Crippen LogP contribution in [0.2, 0.25) is 0 Å². The van der Waals surface area contributed by atoms with Crippen molar-refractivity contribution in [1.82, 2.24) is 0 Å². The number of fused-ring (bicyclic) bond motifs is 1. The van der Waals surface area contributed by atoms with Crippen molar-refractivity contribution in [2.75, 3.05) is 6.61 Å². The van der Waals surface area contributed by atoms with Crippen LogP contribution in [0.5, 0.6) is 28.7 Å². The number of phenolic OH excluding ortho intramolecular Hbond substituents is 3. The van der Waals surface area contributed by atoms with Crippen molar-refractivity contribution >= 4 is 11.0 Å². The molecule has 10 N–H and O–H groups in total. The van der Waals surface area contributed by atoms with E-state index in [2.05, 4.69) is 0 Å². The molecule has 0 saturated carbocycles. The number of rotatable bonds is 6. The first-order valence-electron chi connectivity index (χ1n) is 13.0. The lowest BCUT2D eigenvalue weighted by molar-refractivity contribution is -0.354. The molecule has 43 heavy (non-hydrogen) atoms. The van der Waals surface area contributed by atoms with Gasteiger partial charge < -0.3 is 74.4 Å². The summed E-state index contributed by atoms with van der Waals surface area (Å²) in [6.07, 6.45) is -15.8. The van der Waals surface area contributed by atoms with Crippen molar-refractivity contribution in [1.29, 1.82) is 0 Å². The number of aliphatic hydroxyl groups excluding tert-OH is 6. The van der Waals surface area contributed by atoms with Crippen molar-refractivity contribution in [2.45, 2.75) is 68.3 Å². The quantitative estimate of drug-likeness (QED) is 0.140. The summed E-state index contributed by atoms with van der Waals surface area (Å²) in [5.41, 5.74) is -1.36. The lowest BCUT2D eigenvalue weighted by Gasteiger charge is -2.45. The third-order valence-electron chi connectivity index (χ3n) is 7.34. The highest BCUT2D eigenvalue weighted by Gasteiger charge is 2.51. The van der Waals surface area contributed by atoms with Gasteiger partial charge in [0.2, 0.25) is 17.5 Å². The highest BCUT2D eigenvalue weighted by molar-refractivity contribution is 5.88. The highest BCUT2D eigenvalue weighted by atomic mass is 16.8. The third kappa shape index (κ3) is 5.55. The van der Waals surface area contributed by atoms with E-state index in [4.69, 9.17) is 23.4 Å². The van der Waals surface area contributed by atoms with Gasteiger partial charge in [0.05, 0.1) is 12.7 Å². The van der Waals surface area contributed by atoms with E-state index in [1.807, 2.05) is 0 Å². The molecule has 0 unspecified atom stereocenters. The smallest absolute Gasteiger partial charge is 0.238 e. The van der Waals surface area contributed by atoms with Gasteiger partial charge in [-0.15, -0.1) is 0 Å². The highest BCUT2D eigenvalue weighted by Crippen LogP contribution is 2.39. The summed E-state index contributed by atoms with van der Waals surface area (Å²) in [6, 6.07) is 5.43. The molecule has 16 nitrogen and oxygen atoms in total. The standard InChI is InChI=1S/C27H30O16/c1-8-17(32)20(35)23(38)26(39-8)43-25-21(36)18(33)15(7-28)42-27(25)40-10-5-13(31)16-14(6-10)41-24(22(37)19(16)34)9-2-3-11(29)12(30)4-9/h2-6,8,15,17-18,20-21,23,25-33,35-38H,7H2,1H3/t8-,15+,17-,18+,20+,21-,23+,25+,26+,27+/m0/s1. The molecular formula is C27H30O16. The van der Waals surface area contributed by atoms with Gasteiger partial charge in [-0.3, -0.25) is 4.79 Å². The fraction of sp³-hybridized carbons (Fsp3) is 0.444. The Hall–Kier alpha value is -3.71. The molecule has 2 fully saturated rings. The van der Waals surface area contributed by atoms with Gasteiger partial charge in [-0.05, 0) is 25.1 Å². The molecule has 2 aliphatic rings. The minimum Gasteiger partial charge on any atom is -0.507 e. The van der Waals surface area contributed by atoms with E-state index in [1.54, 1.807) is 0 Å². The maximum Gasteiger partial charge on any atom is 0.238 e. The van der Waals surface area contributed by atoms with Crippen LogP contribution in [0.4, 0.5) is 0 Å². The minimum absolute atomic E-state index is 0.00263. The molecule has 16 heteroatoms. The Balaban J connectivity index is 1.51. The zero-order chi connectivity index (χ0) is 31.3. The van der Waals surface area contributed by atoms with Crippen LogP contribution in [0, 0.1) is 0 Å². The summed E-state index contributed by atoms with van der Waals surface area (Å²) in [4.78, 5) is 12.9. The average molecular weight is 611 g/mol. The Morgan fingerprint density at radius 1 is 0.791 bits per heavy atom. The van der Waals surface area contributed by atoms with E-state index in [0.29, 0.717) is 0 Å². The summed E-state index contributed by atoms with van der Waals surface area (Å²) in [5, 5.41) is 102. The van der Waals surface area contributed by atoms with E-state index in [-0.39, 0.29) is 16.9 Å². The Kier molecular flexibility index (Phi) is 8.41. The lowest BCUT2D eigenvalue weighted by atomic mass is 9.97. The van der Waals surface area contributed by atoms with Crippen LogP contribution in [0.1, 0.15) is 6.92 Å². The van der Waals surface area contributed by atoms with Gasteiger partial charge in [0.15, 0.2) is 29.7 Å². The van der Waals surface area contributed by atoms with E-state index in [1.165, 1.54) is 13.0 Å². The number of aliphatic hydroxyl groups is 6. The predicted octanol–water partition coefficient (Wildman–Crippen LogP) is -1.69. The van der Waals surface area contributed by atoms with E-state index < -0.39 is 108 Å². The topological polar surface area (TPSA) is 269 Å². The third-order valence-corrected chi connectivity index (χ3v) is 7.34. The van der Waals surface area contributed by atoms with Crippen molar-refractivity contribution < 1.29 is 74.4 Å². The van der Waals surface area contributed by atoms with Crippen LogP contribution >= 0.6 is 0 Å². The molecular weight excluding hydrogens is 580 g/mol. The maximum absolute atomic E-state index is 12.9. The molecule has 0 radical (unpaired) electrons. The van der Waals surface area contributed by atoms with Crippen LogP contribution < -0.4 is 10.2 Å². The van der Waals surface area contributed by atoms with Crippen LogP contribution in [0.25, 0.3) is 22.3 Å². The second-order valence-corrected chi connectivity index (χ2v) is 10.2. The van der Waals surface area contributed by atoms with Crippen LogP contribution in [-0.2, 0) is 14.2 Å². The van der Waals surface area contributed by atoms with Gasteiger partial charge in [-0.2, -0.15) is 0 Å². The van der Waals surface area contributed by atoms with Gasteiger partial charge in [-0.25, -0.2) is 0 Å². The normalized spacial score (nSPS) is 33.0. The molecule has 10 atom stereocenters. The fourth-order valence-corrected chi connectivity index (χ4v) is 4.90. The number of hydrogen-bond acceptors (Lipinski definition) is 16. The van der Waals surface area contributed by atoms with Gasteiger partial charge >= 0.3 is 0 Å². The van der Waals surface area contributed by atoms with Gasteiger partial charge in [0, 0.05) is 17.7 Å². The minimum atomic E-state index is -1.82. The Morgan fingerprint density at radius 3 is 2.19 bits per heavy atom. The first kappa shape index (κ1) is 30.7. The molecule has 0 aliphatic carbocycles. The second kappa shape index (κ2) is 11.8. The monoisotopic (exact) mass is 610 g/mol. The van der Waals surface area contributed by atoms with E-state index in [0.717, 1.165) is 24.3 Å². The number of aromatic hydroxyl groups is 4. The molecule has 3 aromatic rings. The molecule has 1 aromatic heterocycles. The summed E-state index contributed by atoms with van der Waals surface area (Å²) >= 11 is 0. The van der Waals surface area contributed by atoms with Crippen LogP contribution in [-0.4, -0.2) is 119 Å². The van der Waals surface area contributed by atoms with Crippen molar-refractivity contribution in [3.8, 4) is 40.1 Å². The lowest BCUT2D eigenvalue weighted by Crippen LogP contribution is -2.64. The van der Waals surface area contributed by atoms with Crippen LogP contribution in [0.3, 0.4) is 0 Å². The van der Waals surface area contributed by atoms with Crippen LogP contribution in [0.15, 0.2) is 39.5 Å². The van der Waals surface area contributed by atoms with E-state index in [9.17, 15) is 55.9 Å². The number of benzene rings is 2. The first-order valence-corrected chi connectivity index (χ1v) is 13.0. The molecule has 0 bridgehead atoms. The SMILES string of the molecule is C[C@@H]1O[C@H](O[C@H]2[C@H](Oc3cc(O)c4c(=O)c(O)c(-c5ccc(O)c(O)c5)oc4c3)O[C@H](CO)[C@@H](O)[C@@H]2O)[C@H](O)[C@H](O)[C@H]1O. The molecule has 0 amide bonds. The molecule has 2 saturated heterocycles. The Labute approximate surface area is 241 Å². The predicted molar refractivity (Wildman–Crippen MR) is 140 cm³/mol. The Bertz CT molecular complexity index is 1540. The molecule has 2 aromatic carbocycles. The summed E-state index contributed by atoms with van der Waals surface area (Å²) in [7, 11) is 0. The molecule has 2 aliphatic heterocycles. The fourth-order valence-electron chi connectivity index (χ4n) is 4.90. The summed E-state index contributed by atoms with van der Waals surface area (Å²) < 4.78 is 28.1. The average Bonchev–Trinajstić information content (AvgIpc) is 2.97. The van der Waals surface area contributed by atoms with Crippen molar-refractivity contribution in [3.05, 3.63) is 40.6 Å². The van der Waals surface area contributed by atoms with Gasteiger partial charge in [0.1, 0.15) is 59.1 Å². The first-order chi connectivity index (χ1) is 20.3. The number of phenols is 3. The summed E-state index contributed by atoms with van der Waals surface area (Å²) in [5.74, 6) is -3.32. The number of ether oxygens (including phenoxy) is 4. The van der Waals surface area contributed by atoms with E-state index >= 15 is 0 Å². The zero-order valence-corrected chi connectivity index (χ0v) is 22.3. The second-order valence-electron chi connectivity index (χ2n) is 10.2. The van der Waals surface area contributed by atoms with Gasteiger partial charge in [-0.1, -0.05) is 0 Å². The summed E-state index contributed by atoms with van der Waals surface area (Å²) in [6.45, 7) is 0.626. The maximum atomic E-state index is 12.9. The molecule has 0 spiro atoms. The zero-order valence-electron chi connectivity index (χ0n) is 22.3. The van der Waals surface area contributed by atoms with Crippen molar-refractivity contribution in [3.63, 3.8) is 0 Å². The molecule has 5 rings (SSSR count).